The van der Waals surface area contributed by atoms with E-state index in [9.17, 15) is 18.0 Å². The molecule has 0 aliphatic carbocycles. The maximum absolute atomic E-state index is 12.7. The monoisotopic (exact) mass is 400 g/mol. The number of benzene rings is 1. The molecule has 1 aliphatic rings. The number of halogens is 3. The molecule has 1 aromatic carbocycles. The lowest BCUT2D eigenvalue weighted by Gasteiger charge is -2.12. The second-order valence-corrected chi connectivity index (χ2v) is 7.17. The standard InChI is InChI=1S/C17H19F3N4O2S/c18-17(19,20)13-5-3-4-12(10-13)15(25)21-11-14-22-23-16(26-14)27-9-8-24-6-1-2-7-24/h3-5,10H,1-2,6-9,11H2,(H,21,25). The number of nitrogens with zero attached hydrogens (tertiary/aromatic N) is 3. The Bertz CT molecular complexity index is 776. The molecule has 10 heteroatoms. The number of carbonyl (C=O) groups is 1. The molecule has 0 unspecified atom stereocenters. The van der Waals surface area contributed by atoms with Gasteiger partial charge in [0.2, 0.25) is 5.89 Å². The van der Waals surface area contributed by atoms with Crippen molar-refractivity contribution in [1.29, 1.82) is 0 Å². The van der Waals surface area contributed by atoms with Gasteiger partial charge in [-0.25, -0.2) is 0 Å². The van der Waals surface area contributed by atoms with Crippen LogP contribution >= 0.6 is 11.8 Å². The molecule has 3 rings (SSSR count). The van der Waals surface area contributed by atoms with Crippen molar-refractivity contribution in [2.75, 3.05) is 25.4 Å². The number of likely N-dealkylation sites (tertiary alicyclic amines) is 1. The van der Waals surface area contributed by atoms with Crippen LogP contribution in [0.2, 0.25) is 0 Å². The molecule has 146 valence electrons. The lowest BCUT2D eigenvalue weighted by Crippen LogP contribution is -2.23. The Morgan fingerprint density at radius 2 is 2.04 bits per heavy atom. The third-order valence-electron chi connectivity index (χ3n) is 4.13. The fourth-order valence-electron chi connectivity index (χ4n) is 2.73. The molecule has 2 aromatic rings. The zero-order valence-corrected chi connectivity index (χ0v) is 15.3. The molecule has 1 fully saturated rings. The molecule has 1 saturated heterocycles. The van der Waals surface area contributed by atoms with Crippen LogP contribution in [0.1, 0.15) is 34.7 Å². The molecule has 0 radical (unpaired) electrons. The zero-order valence-electron chi connectivity index (χ0n) is 14.5. The van der Waals surface area contributed by atoms with Crippen LogP contribution in [0.4, 0.5) is 13.2 Å². The first-order valence-corrected chi connectivity index (χ1v) is 9.53. The first kappa shape index (κ1) is 19.7. The van der Waals surface area contributed by atoms with Crippen molar-refractivity contribution in [1.82, 2.24) is 20.4 Å². The number of hydrogen-bond donors (Lipinski definition) is 1. The van der Waals surface area contributed by atoms with Crippen molar-refractivity contribution in [3.8, 4) is 0 Å². The van der Waals surface area contributed by atoms with Crippen LogP contribution in [-0.2, 0) is 12.7 Å². The molecule has 1 amide bonds. The highest BCUT2D eigenvalue weighted by Crippen LogP contribution is 2.29. The maximum atomic E-state index is 12.7. The maximum Gasteiger partial charge on any atom is 0.416 e. The van der Waals surface area contributed by atoms with Crippen LogP contribution < -0.4 is 5.32 Å². The van der Waals surface area contributed by atoms with Gasteiger partial charge in [-0.2, -0.15) is 13.2 Å². The summed E-state index contributed by atoms with van der Waals surface area (Å²) in [4.78, 5) is 14.4. The minimum atomic E-state index is -4.50. The Morgan fingerprint density at radius 1 is 1.26 bits per heavy atom. The highest BCUT2D eigenvalue weighted by atomic mass is 32.2. The van der Waals surface area contributed by atoms with Crippen molar-refractivity contribution >= 4 is 17.7 Å². The average Bonchev–Trinajstić information content (AvgIpc) is 3.31. The van der Waals surface area contributed by atoms with E-state index in [0.29, 0.717) is 5.22 Å². The molecule has 0 saturated carbocycles. The molecule has 1 N–H and O–H groups in total. The summed E-state index contributed by atoms with van der Waals surface area (Å²) in [7, 11) is 0. The van der Waals surface area contributed by atoms with E-state index >= 15 is 0 Å². The summed E-state index contributed by atoms with van der Waals surface area (Å²) in [5, 5.41) is 10.7. The number of thioether (sulfide) groups is 1. The van der Waals surface area contributed by atoms with E-state index in [-0.39, 0.29) is 18.0 Å². The van der Waals surface area contributed by atoms with E-state index in [1.165, 1.54) is 36.7 Å². The number of nitrogens with one attached hydrogen (secondary N) is 1. The van der Waals surface area contributed by atoms with E-state index in [2.05, 4.69) is 20.4 Å². The smallest absolute Gasteiger partial charge is 0.414 e. The van der Waals surface area contributed by atoms with Gasteiger partial charge in [-0.15, -0.1) is 10.2 Å². The first-order chi connectivity index (χ1) is 12.9. The number of carbonyl (C=O) groups excluding carboxylic acids is 1. The summed E-state index contributed by atoms with van der Waals surface area (Å²) in [5.74, 6) is 0.402. The molecule has 6 nitrogen and oxygen atoms in total. The van der Waals surface area contributed by atoms with Crippen molar-refractivity contribution in [3.05, 3.63) is 41.3 Å². The van der Waals surface area contributed by atoms with Gasteiger partial charge in [0.05, 0.1) is 12.1 Å². The predicted molar refractivity (Wildman–Crippen MR) is 93.3 cm³/mol. The largest absolute Gasteiger partial charge is 0.416 e. The fraction of sp³-hybridized carbons (Fsp3) is 0.471. The second-order valence-electron chi connectivity index (χ2n) is 6.12. The molecule has 0 atom stereocenters. The van der Waals surface area contributed by atoms with Gasteiger partial charge in [0.15, 0.2) is 0 Å². The second kappa shape index (κ2) is 8.75. The van der Waals surface area contributed by atoms with Gasteiger partial charge in [-0.3, -0.25) is 4.79 Å². The van der Waals surface area contributed by atoms with Gasteiger partial charge in [-0.1, -0.05) is 17.8 Å². The molecule has 1 aromatic heterocycles. The Kier molecular flexibility index (Phi) is 6.38. The van der Waals surface area contributed by atoms with E-state index in [0.717, 1.165) is 37.5 Å². The number of hydrogen-bond acceptors (Lipinski definition) is 6. The fourth-order valence-corrected chi connectivity index (χ4v) is 3.51. The molecular formula is C17H19F3N4O2S. The predicted octanol–water partition coefficient (Wildman–Crippen LogP) is 3.21. The van der Waals surface area contributed by atoms with Gasteiger partial charge in [0, 0.05) is 17.9 Å². The quantitative estimate of drug-likeness (QED) is 0.720. The van der Waals surface area contributed by atoms with Gasteiger partial charge in [-0.05, 0) is 44.1 Å². The topological polar surface area (TPSA) is 71.3 Å². The van der Waals surface area contributed by atoms with Crippen molar-refractivity contribution < 1.29 is 22.4 Å². The number of aromatic nitrogens is 2. The summed E-state index contributed by atoms with van der Waals surface area (Å²) in [5.41, 5.74) is -0.950. The molecule has 1 aliphatic heterocycles. The van der Waals surface area contributed by atoms with Crippen LogP contribution in [0.5, 0.6) is 0 Å². The summed E-state index contributed by atoms with van der Waals surface area (Å²) in [6.45, 7) is 3.15. The van der Waals surface area contributed by atoms with Gasteiger partial charge >= 0.3 is 6.18 Å². The Morgan fingerprint density at radius 3 is 2.78 bits per heavy atom. The van der Waals surface area contributed by atoms with Gasteiger partial charge in [0.1, 0.15) is 0 Å². The lowest BCUT2D eigenvalue weighted by molar-refractivity contribution is -0.137. The average molecular weight is 400 g/mol. The molecule has 2 heterocycles. The summed E-state index contributed by atoms with van der Waals surface area (Å²) >= 11 is 1.44. The summed E-state index contributed by atoms with van der Waals surface area (Å²) in [6.07, 6.45) is -2.02. The van der Waals surface area contributed by atoms with Crippen LogP contribution in [0.3, 0.4) is 0 Å². The van der Waals surface area contributed by atoms with Crippen molar-refractivity contribution in [2.45, 2.75) is 30.8 Å². The van der Waals surface area contributed by atoms with Crippen molar-refractivity contribution in [3.63, 3.8) is 0 Å². The van der Waals surface area contributed by atoms with Crippen LogP contribution in [-0.4, -0.2) is 46.4 Å². The lowest BCUT2D eigenvalue weighted by atomic mass is 10.1. The minimum absolute atomic E-state index is 0.0469. The SMILES string of the molecule is O=C(NCc1nnc(SCCN2CCCC2)o1)c1cccc(C(F)(F)F)c1. The highest BCUT2D eigenvalue weighted by Gasteiger charge is 2.30. The summed E-state index contributed by atoms with van der Waals surface area (Å²) in [6, 6.07) is 4.24. The highest BCUT2D eigenvalue weighted by molar-refractivity contribution is 7.99. The molecule has 27 heavy (non-hydrogen) atoms. The third kappa shape index (κ3) is 5.70. The van der Waals surface area contributed by atoms with E-state index < -0.39 is 17.6 Å². The Hall–Kier alpha value is -2.07. The Labute approximate surface area is 158 Å². The van der Waals surface area contributed by atoms with Crippen LogP contribution in [0, 0.1) is 0 Å². The van der Waals surface area contributed by atoms with E-state index in [4.69, 9.17) is 4.42 Å². The molecule has 0 bridgehead atoms. The Balaban J connectivity index is 1.47. The normalized spacial score (nSPS) is 15.2. The van der Waals surface area contributed by atoms with Crippen LogP contribution in [0.25, 0.3) is 0 Å². The number of amides is 1. The molecular weight excluding hydrogens is 381 g/mol. The number of alkyl halides is 3. The first-order valence-electron chi connectivity index (χ1n) is 8.55. The van der Waals surface area contributed by atoms with Crippen LogP contribution in [0.15, 0.2) is 33.9 Å². The summed E-state index contributed by atoms with van der Waals surface area (Å²) < 4.78 is 43.6. The zero-order chi connectivity index (χ0) is 19.3. The number of rotatable bonds is 7. The van der Waals surface area contributed by atoms with E-state index in [1.54, 1.807) is 0 Å². The van der Waals surface area contributed by atoms with Crippen molar-refractivity contribution in [2.24, 2.45) is 0 Å². The van der Waals surface area contributed by atoms with Gasteiger partial charge < -0.3 is 14.6 Å². The van der Waals surface area contributed by atoms with Gasteiger partial charge in [0.25, 0.3) is 11.1 Å². The third-order valence-corrected chi connectivity index (χ3v) is 4.93. The minimum Gasteiger partial charge on any atom is -0.414 e. The van der Waals surface area contributed by atoms with E-state index in [1.807, 2.05) is 0 Å². The molecule has 0 spiro atoms.